The average molecular weight is 242 g/mol. The van der Waals surface area contributed by atoms with Crippen molar-refractivity contribution in [3.63, 3.8) is 0 Å². The van der Waals surface area contributed by atoms with Gasteiger partial charge < -0.3 is 31.2 Å². The summed E-state index contributed by atoms with van der Waals surface area (Å²) in [5.41, 5.74) is 0. The van der Waals surface area contributed by atoms with Gasteiger partial charge in [0.05, 0.1) is 0 Å². The SMILES string of the molecule is O=[Si]([O-])O[Si](=O)O[Si](=O)[O-].[Na+].[Na+]. The van der Waals surface area contributed by atoms with Crippen molar-refractivity contribution in [1.82, 2.24) is 0 Å². The van der Waals surface area contributed by atoms with E-state index in [9.17, 15) is 23.0 Å². The van der Waals surface area contributed by atoms with Crippen molar-refractivity contribution in [3.05, 3.63) is 0 Å². The fourth-order valence-electron chi connectivity index (χ4n) is 0.157. The first-order valence-electron chi connectivity index (χ1n) is 1.84. The second kappa shape index (κ2) is 10.3. The topological polar surface area (TPSA) is 116 Å². The fraction of sp³-hybridized carbons (Fsp3) is 0. The van der Waals surface area contributed by atoms with Crippen molar-refractivity contribution >= 4 is 27.5 Å². The van der Waals surface area contributed by atoms with E-state index in [0.717, 1.165) is 0 Å². The van der Waals surface area contributed by atoms with E-state index >= 15 is 0 Å². The second-order valence-corrected chi connectivity index (χ2v) is 4.09. The van der Waals surface area contributed by atoms with E-state index in [1.807, 2.05) is 0 Å². The third-order valence-electron chi connectivity index (χ3n) is 0.333. The first-order valence-corrected chi connectivity index (χ1v) is 5.51. The monoisotopic (exact) mass is 242 g/mol. The third kappa shape index (κ3) is 13.8. The Morgan fingerprint density at radius 3 is 1.25 bits per heavy atom. The molecule has 56 valence electrons. The minimum absolute atomic E-state index is 0. The minimum Gasteiger partial charge on any atom is -0.556 e. The summed E-state index contributed by atoms with van der Waals surface area (Å²) in [6.07, 6.45) is 0. The first kappa shape index (κ1) is 18.9. The molecule has 12 heavy (non-hydrogen) atoms. The summed E-state index contributed by atoms with van der Waals surface area (Å²) in [4.78, 5) is 19.2. The minimum atomic E-state index is -3.63. The summed E-state index contributed by atoms with van der Waals surface area (Å²) in [5, 5.41) is 0. The van der Waals surface area contributed by atoms with E-state index in [0.29, 0.717) is 0 Å². The largest absolute Gasteiger partial charge is 1.00 e. The van der Waals surface area contributed by atoms with Gasteiger partial charge in [-0.3, -0.25) is 0 Å². The van der Waals surface area contributed by atoms with Crippen molar-refractivity contribution in [1.29, 1.82) is 0 Å². The van der Waals surface area contributed by atoms with Crippen molar-refractivity contribution in [3.8, 4) is 0 Å². The van der Waals surface area contributed by atoms with Gasteiger partial charge in [-0.25, -0.2) is 0 Å². The van der Waals surface area contributed by atoms with E-state index in [1.54, 1.807) is 0 Å². The van der Waals surface area contributed by atoms with Gasteiger partial charge in [-0.2, -0.15) is 0 Å². The van der Waals surface area contributed by atoms with Crippen molar-refractivity contribution in [2.45, 2.75) is 0 Å². The van der Waals surface area contributed by atoms with Crippen LogP contribution in [0.4, 0.5) is 0 Å². The molecule has 0 aliphatic heterocycles. The van der Waals surface area contributed by atoms with Gasteiger partial charge in [0.1, 0.15) is 0 Å². The van der Waals surface area contributed by atoms with E-state index < -0.39 is 27.5 Å². The molecule has 0 fully saturated rings. The van der Waals surface area contributed by atoms with Crippen LogP contribution in [0, 0.1) is 0 Å². The molecule has 0 amide bonds. The zero-order valence-corrected chi connectivity index (χ0v) is 13.4. The fourth-order valence-corrected chi connectivity index (χ4v) is 1.79. The van der Waals surface area contributed by atoms with Gasteiger partial charge in [0, 0.05) is 0 Å². The molecule has 0 N–H and O–H groups in total. The van der Waals surface area contributed by atoms with E-state index in [2.05, 4.69) is 8.23 Å². The predicted octanol–water partition coefficient (Wildman–Crippen LogP) is -10.0. The molecule has 0 heterocycles. The Morgan fingerprint density at radius 1 is 0.833 bits per heavy atom. The molecule has 0 radical (unpaired) electrons. The van der Waals surface area contributed by atoms with Crippen LogP contribution in [0.2, 0.25) is 0 Å². The summed E-state index contributed by atoms with van der Waals surface area (Å²) in [7, 11) is -10.7. The first-order chi connectivity index (χ1) is 4.52. The molecular weight excluding hydrogens is 242 g/mol. The van der Waals surface area contributed by atoms with E-state index in [1.165, 1.54) is 0 Å². The molecule has 12 heteroatoms. The maximum atomic E-state index is 10.1. The molecule has 0 aromatic carbocycles. The van der Waals surface area contributed by atoms with Gasteiger partial charge in [0.2, 0.25) is 0 Å². The molecule has 0 spiro atoms. The standard InChI is InChI=1S/2Na.O7Si3/c;;1-8(2)6-10(5)7-9(3)4/q2*+1;-2. The molecule has 0 rings (SSSR count). The van der Waals surface area contributed by atoms with Gasteiger partial charge >= 0.3 is 86.6 Å². The third-order valence-corrected chi connectivity index (χ3v) is 3.00. The van der Waals surface area contributed by atoms with Crippen LogP contribution in [-0.4, -0.2) is 27.5 Å². The van der Waals surface area contributed by atoms with Crippen LogP contribution in [0.1, 0.15) is 0 Å². The molecule has 0 bridgehead atoms. The summed E-state index contributed by atoms with van der Waals surface area (Å²) >= 11 is 0. The Bertz CT molecular complexity index is 159. The van der Waals surface area contributed by atoms with Gasteiger partial charge in [-0.1, -0.05) is 0 Å². The molecule has 0 aromatic heterocycles. The number of rotatable bonds is 4. The van der Waals surface area contributed by atoms with Crippen molar-refractivity contribution in [2.24, 2.45) is 0 Å². The number of hydrogen-bond acceptors (Lipinski definition) is 7. The molecule has 0 atom stereocenters. The molecule has 0 saturated heterocycles. The average Bonchev–Trinajstić information content (AvgIpc) is 1.58. The summed E-state index contributed by atoms with van der Waals surface area (Å²) in [5.74, 6) is 0. The van der Waals surface area contributed by atoms with Crippen molar-refractivity contribution < 1.29 is 90.3 Å². The molecule has 0 unspecified atom stereocenters. The van der Waals surface area contributed by atoms with E-state index in [4.69, 9.17) is 0 Å². The van der Waals surface area contributed by atoms with Crippen molar-refractivity contribution in [2.75, 3.05) is 0 Å². The van der Waals surface area contributed by atoms with Crippen LogP contribution in [0.3, 0.4) is 0 Å². The van der Waals surface area contributed by atoms with Gasteiger partial charge in [0.15, 0.2) is 0 Å². The zero-order valence-electron chi connectivity index (χ0n) is 6.36. The Morgan fingerprint density at radius 2 is 1.08 bits per heavy atom. The maximum absolute atomic E-state index is 10.1. The summed E-state index contributed by atoms with van der Waals surface area (Å²) < 4.78 is 36.2. The van der Waals surface area contributed by atoms with Crippen LogP contribution in [0.15, 0.2) is 0 Å². The molecule has 0 aromatic rings. The Balaban J connectivity index is -0.000000405. The summed E-state index contributed by atoms with van der Waals surface area (Å²) in [6.45, 7) is 0. The van der Waals surface area contributed by atoms with Crippen LogP contribution in [0.25, 0.3) is 0 Å². The Hall–Kier alpha value is 1.25. The molecular formula is Na2O7Si3. The zero-order chi connectivity index (χ0) is 8.15. The van der Waals surface area contributed by atoms with Gasteiger partial charge in [-0.15, -0.1) is 0 Å². The quantitative estimate of drug-likeness (QED) is 0.449. The van der Waals surface area contributed by atoms with Gasteiger partial charge in [-0.05, 0) is 0 Å². The Labute approximate surface area is 116 Å². The number of hydrogen-bond donors (Lipinski definition) is 0. The second-order valence-electron chi connectivity index (χ2n) is 0.954. The van der Waals surface area contributed by atoms with Crippen LogP contribution >= 0.6 is 0 Å². The molecule has 0 saturated carbocycles. The predicted molar refractivity (Wildman–Crippen MR) is 21.5 cm³/mol. The normalized spacial score (nSPS) is 6.67. The molecule has 7 nitrogen and oxygen atoms in total. The smallest absolute Gasteiger partial charge is 0.556 e. The van der Waals surface area contributed by atoms with Crippen LogP contribution < -0.4 is 68.7 Å². The Kier molecular flexibility index (Phi) is 16.3. The van der Waals surface area contributed by atoms with Gasteiger partial charge in [0.25, 0.3) is 0 Å². The molecule has 0 aliphatic carbocycles. The maximum Gasteiger partial charge on any atom is 1.00 e. The molecule has 0 aliphatic rings. The van der Waals surface area contributed by atoms with E-state index in [-0.39, 0.29) is 59.1 Å². The summed E-state index contributed by atoms with van der Waals surface area (Å²) in [6, 6.07) is 0. The van der Waals surface area contributed by atoms with Crippen LogP contribution in [-0.2, 0) is 21.6 Å². The van der Waals surface area contributed by atoms with Crippen LogP contribution in [0.5, 0.6) is 0 Å².